The van der Waals surface area contributed by atoms with Gasteiger partial charge in [-0.05, 0) is 43.2 Å². The van der Waals surface area contributed by atoms with E-state index < -0.39 is 5.82 Å². The highest BCUT2D eigenvalue weighted by Gasteiger charge is 2.10. The number of rotatable bonds is 4. The summed E-state index contributed by atoms with van der Waals surface area (Å²) in [6.07, 6.45) is 4.11. The van der Waals surface area contributed by atoms with Gasteiger partial charge in [0.15, 0.2) is 0 Å². The third-order valence-electron chi connectivity index (χ3n) is 2.82. The Balaban J connectivity index is 1.93. The summed E-state index contributed by atoms with van der Waals surface area (Å²) in [7, 11) is 0. The average Bonchev–Trinajstić information content (AvgIpc) is 2.42. The number of hydrogen-bond acceptors (Lipinski definition) is 2. The highest BCUT2D eigenvalue weighted by atomic mass is 19.1. The maximum atomic E-state index is 13.5. The van der Waals surface area contributed by atoms with Crippen LogP contribution in [0.1, 0.15) is 21.5 Å². The van der Waals surface area contributed by atoms with Gasteiger partial charge in [0.1, 0.15) is 5.82 Å². The summed E-state index contributed by atoms with van der Waals surface area (Å²) in [5.41, 5.74) is 2.04. The number of hydrogen-bond donors (Lipinski definition) is 1. The van der Waals surface area contributed by atoms with E-state index in [4.69, 9.17) is 0 Å². The van der Waals surface area contributed by atoms with E-state index in [1.807, 2.05) is 19.1 Å². The summed E-state index contributed by atoms with van der Waals surface area (Å²) in [6, 6.07) is 8.28. The monoisotopic (exact) mass is 258 g/mol. The van der Waals surface area contributed by atoms with Crippen LogP contribution in [0.2, 0.25) is 0 Å². The molecular weight excluding hydrogens is 243 g/mol. The zero-order chi connectivity index (χ0) is 13.7. The number of nitrogens with zero attached hydrogens (tertiary/aromatic N) is 1. The Morgan fingerprint density at radius 2 is 2.00 bits per heavy atom. The summed E-state index contributed by atoms with van der Waals surface area (Å²) >= 11 is 0. The molecule has 19 heavy (non-hydrogen) atoms. The number of benzene rings is 1. The predicted octanol–water partition coefficient (Wildman–Crippen LogP) is 2.50. The molecule has 0 saturated carbocycles. The smallest absolute Gasteiger partial charge is 0.254 e. The fourth-order valence-electron chi connectivity index (χ4n) is 1.78. The minimum absolute atomic E-state index is 0.0923. The SMILES string of the molecule is Cc1ccc(F)c(C(=O)NCCc2ccncc2)c1. The van der Waals surface area contributed by atoms with Crippen molar-refractivity contribution in [3.05, 3.63) is 65.2 Å². The van der Waals surface area contributed by atoms with Gasteiger partial charge in [-0.2, -0.15) is 0 Å². The van der Waals surface area contributed by atoms with Crippen molar-refractivity contribution >= 4 is 5.91 Å². The fraction of sp³-hybridized carbons (Fsp3) is 0.200. The van der Waals surface area contributed by atoms with Crippen molar-refractivity contribution in [1.29, 1.82) is 0 Å². The highest BCUT2D eigenvalue weighted by molar-refractivity contribution is 5.94. The van der Waals surface area contributed by atoms with Gasteiger partial charge in [0, 0.05) is 18.9 Å². The Morgan fingerprint density at radius 3 is 2.74 bits per heavy atom. The van der Waals surface area contributed by atoms with Crippen LogP contribution in [0.25, 0.3) is 0 Å². The molecule has 1 aromatic carbocycles. The van der Waals surface area contributed by atoms with Crippen molar-refractivity contribution in [3.63, 3.8) is 0 Å². The highest BCUT2D eigenvalue weighted by Crippen LogP contribution is 2.09. The molecule has 0 aliphatic heterocycles. The second kappa shape index (κ2) is 6.09. The van der Waals surface area contributed by atoms with E-state index in [-0.39, 0.29) is 11.5 Å². The van der Waals surface area contributed by atoms with Crippen LogP contribution >= 0.6 is 0 Å². The van der Waals surface area contributed by atoms with E-state index in [0.29, 0.717) is 13.0 Å². The van der Waals surface area contributed by atoms with Gasteiger partial charge in [-0.3, -0.25) is 9.78 Å². The lowest BCUT2D eigenvalue weighted by Gasteiger charge is -2.07. The van der Waals surface area contributed by atoms with Crippen molar-refractivity contribution in [2.45, 2.75) is 13.3 Å². The normalized spacial score (nSPS) is 10.2. The molecule has 0 bridgehead atoms. The Labute approximate surface area is 111 Å². The molecule has 2 rings (SSSR count). The van der Waals surface area contributed by atoms with E-state index in [9.17, 15) is 9.18 Å². The zero-order valence-electron chi connectivity index (χ0n) is 10.7. The summed E-state index contributed by atoms with van der Waals surface area (Å²) in [5.74, 6) is -0.873. The predicted molar refractivity (Wildman–Crippen MR) is 71.4 cm³/mol. The van der Waals surface area contributed by atoms with Gasteiger partial charge in [0.25, 0.3) is 5.91 Å². The molecular formula is C15H15FN2O. The van der Waals surface area contributed by atoms with Crippen LogP contribution in [-0.4, -0.2) is 17.4 Å². The average molecular weight is 258 g/mol. The number of aryl methyl sites for hydroxylation is 1. The van der Waals surface area contributed by atoms with E-state index >= 15 is 0 Å². The van der Waals surface area contributed by atoms with Gasteiger partial charge in [-0.25, -0.2) is 4.39 Å². The number of amides is 1. The first-order valence-electron chi connectivity index (χ1n) is 6.10. The first-order valence-corrected chi connectivity index (χ1v) is 6.10. The van der Waals surface area contributed by atoms with Crippen LogP contribution in [0.5, 0.6) is 0 Å². The second-order valence-corrected chi connectivity index (χ2v) is 4.34. The summed E-state index contributed by atoms with van der Waals surface area (Å²) in [6.45, 7) is 2.30. The van der Waals surface area contributed by atoms with Gasteiger partial charge in [-0.1, -0.05) is 11.6 Å². The third-order valence-corrected chi connectivity index (χ3v) is 2.82. The molecule has 0 aliphatic rings. The first-order chi connectivity index (χ1) is 9.16. The lowest BCUT2D eigenvalue weighted by Crippen LogP contribution is -2.26. The van der Waals surface area contributed by atoms with E-state index in [1.54, 1.807) is 24.5 Å². The Hall–Kier alpha value is -2.23. The number of nitrogens with one attached hydrogen (secondary N) is 1. The standard InChI is InChI=1S/C15H15FN2O/c1-11-2-3-14(16)13(10-11)15(19)18-9-6-12-4-7-17-8-5-12/h2-5,7-8,10H,6,9H2,1H3,(H,18,19). The lowest BCUT2D eigenvalue weighted by molar-refractivity contribution is 0.0950. The minimum atomic E-state index is -0.494. The van der Waals surface area contributed by atoms with Gasteiger partial charge in [-0.15, -0.1) is 0 Å². The van der Waals surface area contributed by atoms with Gasteiger partial charge in [0.05, 0.1) is 5.56 Å². The van der Waals surface area contributed by atoms with E-state index in [1.165, 1.54) is 6.07 Å². The molecule has 1 aromatic heterocycles. The number of carbonyl (C=O) groups excluding carboxylic acids is 1. The molecule has 1 N–H and O–H groups in total. The Bertz CT molecular complexity index is 570. The van der Waals surface area contributed by atoms with Crippen LogP contribution in [-0.2, 0) is 6.42 Å². The van der Waals surface area contributed by atoms with Crippen LogP contribution in [0.3, 0.4) is 0 Å². The van der Waals surface area contributed by atoms with Crippen molar-refractivity contribution in [1.82, 2.24) is 10.3 Å². The number of pyridine rings is 1. The fourth-order valence-corrected chi connectivity index (χ4v) is 1.78. The minimum Gasteiger partial charge on any atom is -0.352 e. The molecule has 1 heterocycles. The van der Waals surface area contributed by atoms with Gasteiger partial charge < -0.3 is 5.32 Å². The van der Waals surface area contributed by atoms with Crippen LogP contribution < -0.4 is 5.32 Å². The second-order valence-electron chi connectivity index (χ2n) is 4.34. The largest absolute Gasteiger partial charge is 0.352 e. The Kier molecular flexibility index (Phi) is 4.23. The topological polar surface area (TPSA) is 42.0 Å². The third kappa shape index (κ3) is 3.61. The molecule has 2 aromatic rings. The quantitative estimate of drug-likeness (QED) is 0.915. The van der Waals surface area contributed by atoms with Gasteiger partial charge >= 0.3 is 0 Å². The molecule has 4 heteroatoms. The van der Waals surface area contributed by atoms with Crippen LogP contribution in [0.4, 0.5) is 4.39 Å². The number of carbonyl (C=O) groups is 1. The Morgan fingerprint density at radius 1 is 1.26 bits per heavy atom. The van der Waals surface area contributed by atoms with Gasteiger partial charge in [0.2, 0.25) is 0 Å². The molecule has 1 amide bonds. The molecule has 0 spiro atoms. The molecule has 0 fully saturated rings. The maximum absolute atomic E-state index is 13.5. The van der Waals surface area contributed by atoms with Crippen molar-refractivity contribution in [2.75, 3.05) is 6.54 Å². The maximum Gasteiger partial charge on any atom is 0.254 e. The molecule has 0 aliphatic carbocycles. The lowest BCUT2D eigenvalue weighted by atomic mass is 10.1. The molecule has 0 unspecified atom stereocenters. The molecule has 98 valence electrons. The van der Waals surface area contributed by atoms with E-state index in [0.717, 1.165) is 11.1 Å². The summed E-state index contributed by atoms with van der Waals surface area (Å²) in [5, 5.41) is 2.72. The number of aromatic nitrogens is 1. The first kappa shape index (κ1) is 13.2. The zero-order valence-corrected chi connectivity index (χ0v) is 10.7. The van der Waals surface area contributed by atoms with Crippen molar-refractivity contribution in [2.24, 2.45) is 0 Å². The van der Waals surface area contributed by atoms with Crippen molar-refractivity contribution < 1.29 is 9.18 Å². The van der Waals surface area contributed by atoms with Crippen LogP contribution in [0, 0.1) is 12.7 Å². The van der Waals surface area contributed by atoms with E-state index in [2.05, 4.69) is 10.3 Å². The summed E-state index contributed by atoms with van der Waals surface area (Å²) in [4.78, 5) is 15.8. The molecule has 3 nitrogen and oxygen atoms in total. The molecule has 0 radical (unpaired) electrons. The summed E-state index contributed by atoms with van der Waals surface area (Å²) < 4.78 is 13.5. The number of halogens is 1. The molecule has 0 saturated heterocycles. The van der Waals surface area contributed by atoms with Crippen LogP contribution in [0.15, 0.2) is 42.7 Å². The molecule has 0 atom stereocenters. The van der Waals surface area contributed by atoms with Crippen molar-refractivity contribution in [3.8, 4) is 0 Å².